The summed E-state index contributed by atoms with van der Waals surface area (Å²) in [5.74, 6) is -2.00. The maximum atomic E-state index is 14.4. The predicted molar refractivity (Wildman–Crippen MR) is 150 cm³/mol. The van der Waals surface area contributed by atoms with Crippen LogP contribution < -0.4 is 16.0 Å². The van der Waals surface area contributed by atoms with Gasteiger partial charge in [-0.2, -0.15) is 0 Å². The second-order valence-corrected chi connectivity index (χ2v) is 11.3. The van der Waals surface area contributed by atoms with Crippen molar-refractivity contribution in [3.63, 3.8) is 0 Å². The molecule has 2 fully saturated rings. The molecular formula is C29H30ClF2N5O4. The van der Waals surface area contributed by atoms with Crippen molar-refractivity contribution in [2.45, 2.75) is 64.0 Å². The number of Topliss-reactive ketones (excluding diaryl/α,β-unsaturated/α-hetero) is 1. The number of hydrogen-bond donors (Lipinski definition) is 3. The molecule has 2 aliphatic rings. The lowest BCUT2D eigenvalue weighted by Gasteiger charge is -2.24. The van der Waals surface area contributed by atoms with Gasteiger partial charge < -0.3 is 25.4 Å². The normalized spacial score (nSPS) is 19.2. The van der Waals surface area contributed by atoms with Gasteiger partial charge in [0.25, 0.3) is 0 Å². The molecule has 41 heavy (non-hydrogen) atoms. The average Bonchev–Trinajstić information content (AvgIpc) is 3.33. The number of alkyl halides is 1. The Morgan fingerprint density at radius 2 is 1.90 bits per heavy atom. The molecule has 2 heterocycles. The number of carbonyl (C=O) groups excluding carboxylic acids is 4. The van der Waals surface area contributed by atoms with Crippen LogP contribution in [-0.4, -0.2) is 57.4 Å². The van der Waals surface area contributed by atoms with E-state index in [4.69, 9.17) is 11.6 Å². The lowest BCUT2D eigenvalue weighted by molar-refractivity contribution is -0.139. The molecule has 216 valence electrons. The van der Waals surface area contributed by atoms with Gasteiger partial charge in [-0.15, -0.1) is 0 Å². The summed E-state index contributed by atoms with van der Waals surface area (Å²) in [6.45, 7) is 2.69. The van der Waals surface area contributed by atoms with E-state index in [0.29, 0.717) is 22.2 Å². The second-order valence-electron chi connectivity index (χ2n) is 10.9. The van der Waals surface area contributed by atoms with Crippen LogP contribution in [0.1, 0.15) is 49.0 Å². The Morgan fingerprint density at radius 3 is 2.61 bits per heavy atom. The van der Waals surface area contributed by atoms with E-state index in [-0.39, 0.29) is 54.0 Å². The number of hydrogen-bond acceptors (Lipinski definition) is 4. The zero-order chi connectivity index (χ0) is 29.5. The van der Waals surface area contributed by atoms with Gasteiger partial charge in [0.15, 0.2) is 5.78 Å². The lowest BCUT2D eigenvalue weighted by Crippen LogP contribution is -2.46. The first-order chi connectivity index (χ1) is 19.4. The highest BCUT2D eigenvalue weighted by Crippen LogP contribution is 2.34. The molecule has 3 aromatic rings. The Bertz CT molecular complexity index is 1550. The number of amides is 4. The summed E-state index contributed by atoms with van der Waals surface area (Å²) in [6, 6.07) is 8.02. The van der Waals surface area contributed by atoms with Crippen molar-refractivity contribution < 1.29 is 28.0 Å². The summed E-state index contributed by atoms with van der Waals surface area (Å²) in [5.41, 5.74) is 1.38. The van der Waals surface area contributed by atoms with E-state index < -0.39 is 29.8 Å². The van der Waals surface area contributed by atoms with Crippen LogP contribution in [0.15, 0.2) is 42.6 Å². The molecule has 0 radical (unpaired) electrons. The van der Waals surface area contributed by atoms with Crippen LogP contribution in [0.25, 0.3) is 10.9 Å². The van der Waals surface area contributed by atoms with Crippen molar-refractivity contribution in [1.82, 2.24) is 20.1 Å². The van der Waals surface area contributed by atoms with Crippen molar-refractivity contribution in [2.24, 2.45) is 0 Å². The minimum atomic E-state index is -1.40. The smallest absolute Gasteiger partial charge is 0.319 e. The van der Waals surface area contributed by atoms with E-state index in [9.17, 15) is 28.0 Å². The van der Waals surface area contributed by atoms with Crippen LogP contribution in [0.5, 0.6) is 0 Å². The van der Waals surface area contributed by atoms with E-state index >= 15 is 0 Å². The van der Waals surface area contributed by atoms with Gasteiger partial charge in [-0.3, -0.25) is 14.4 Å². The molecule has 1 saturated carbocycles. The van der Waals surface area contributed by atoms with Gasteiger partial charge in [0.1, 0.15) is 24.6 Å². The average molecular weight is 586 g/mol. The summed E-state index contributed by atoms with van der Waals surface area (Å²) >= 11 is 5.80. The fourth-order valence-corrected chi connectivity index (χ4v) is 5.26. The molecule has 3 N–H and O–H groups in total. The van der Waals surface area contributed by atoms with Crippen molar-refractivity contribution >= 4 is 51.8 Å². The van der Waals surface area contributed by atoms with E-state index in [0.717, 1.165) is 12.8 Å². The maximum Gasteiger partial charge on any atom is 0.319 e. The first kappa shape index (κ1) is 28.5. The number of anilines is 1. The Balaban J connectivity index is 1.31. The third-order valence-electron chi connectivity index (χ3n) is 7.60. The van der Waals surface area contributed by atoms with Crippen LogP contribution in [0.3, 0.4) is 0 Å². The standard InChI is InChI=1S/C29H30ClF2N5O4/c1-16(38)21-14-36(23-7-6-19(11-20(21)23)34-28(41)35-29(2)8-9-29)15-25(39)37-13-18(31)10-24(37)27(40)33-12-17-4-3-5-22(30)26(17)32/h3-7,11,14,18,24H,8-10,12-13,15H2,1-2H3,(H,33,40)(H2,34,35,41)/t18-,24+/m1/s1. The van der Waals surface area contributed by atoms with Crippen molar-refractivity contribution in [3.8, 4) is 0 Å². The maximum absolute atomic E-state index is 14.4. The summed E-state index contributed by atoms with van der Waals surface area (Å²) in [6.07, 6.45) is 1.78. The number of rotatable bonds is 8. The first-order valence-corrected chi connectivity index (χ1v) is 13.7. The highest BCUT2D eigenvalue weighted by atomic mass is 35.5. The molecular weight excluding hydrogens is 556 g/mol. The number of benzene rings is 2. The van der Waals surface area contributed by atoms with E-state index in [1.54, 1.807) is 35.0 Å². The number of urea groups is 1. The quantitative estimate of drug-likeness (QED) is 0.336. The summed E-state index contributed by atoms with van der Waals surface area (Å²) in [7, 11) is 0. The number of likely N-dealkylation sites (tertiary alicyclic amines) is 1. The number of ketones is 1. The fourth-order valence-electron chi connectivity index (χ4n) is 5.07. The molecule has 1 aliphatic heterocycles. The highest BCUT2D eigenvalue weighted by molar-refractivity contribution is 6.30. The lowest BCUT2D eigenvalue weighted by atomic mass is 10.1. The van der Waals surface area contributed by atoms with Gasteiger partial charge in [0.2, 0.25) is 11.8 Å². The number of carbonyl (C=O) groups is 4. The molecule has 2 atom stereocenters. The van der Waals surface area contributed by atoms with Crippen molar-refractivity contribution in [1.29, 1.82) is 0 Å². The van der Waals surface area contributed by atoms with Crippen molar-refractivity contribution in [3.05, 3.63) is 64.6 Å². The Morgan fingerprint density at radius 1 is 1.15 bits per heavy atom. The zero-order valence-corrected chi connectivity index (χ0v) is 23.4. The number of nitrogens with one attached hydrogen (secondary N) is 3. The predicted octanol–water partition coefficient (Wildman–Crippen LogP) is 4.57. The van der Waals surface area contributed by atoms with Crippen LogP contribution >= 0.6 is 11.6 Å². The van der Waals surface area contributed by atoms with Gasteiger partial charge in [0, 0.05) is 52.4 Å². The van der Waals surface area contributed by atoms with E-state index in [2.05, 4.69) is 16.0 Å². The number of fused-ring (bicyclic) bond motifs is 1. The van der Waals surface area contributed by atoms with Crippen LogP contribution in [0.4, 0.5) is 19.3 Å². The second kappa shape index (κ2) is 11.1. The van der Waals surface area contributed by atoms with E-state index in [1.165, 1.54) is 24.0 Å². The van der Waals surface area contributed by atoms with Crippen LogP contribution in [0, 0.1) is 5.82 Å². The number of aromatic nitrogens is 1. The number of halogens is 3. The van der Waals surface area contributed by atoms with Crippen LogP contribution in [0.2, 0.25) is 5.02 Å². The molecule has 12 heteroatoms. The molecule has 0 bridgehead atoms. The Kier molecular flexibility index (Phi) is 7.74. The summed E-state index contributed by atoms with van der Waals surface area (Å²) < 4.78 is 30.2. The molecule has 0 unspecified atom stereocenters. The number of nitrogens with zero attached hydrogens (tertiary/aromatic N) is 2. The molecule has 1 aromatic heterocycles. The molecule has 1 aliphatic carbocycles. The minimum absolute atomic E-state index is 0.0825. The summed E-state index contributed by atoms with van der Waals surface area (Å²) in [5, 5.41) is 8.73. The molecule has 1 saturated heterocycles. The monoisotopic (exact) mass is 585 g/mol. The minimum Gasteiger partial charge on any atom is -0.350 e. The van der Waals surface area contributed by atoms with Crippen molar-refractivity contribution in [2.75, 3.05) is 11.9 Å². The van der Waals surface area contributed by atoms with Gasteiger partial charge in [-0.05, 0) is 51.0 Å². The van der Waals surface area contributed by atoms with Gasteiger partial charge >= 0.3 is 6.03 Å². The zero-order valence-electron chi connectivity index (χ0n) is 22.6. The van der Waals surface area contributed by atoms with Gasteiger partial charge in [-0.1, -0.05) is 23.7 Å². The molecule has 2 aromatic carbocycles. The first-order valence-electron chi connectivity index (χ1n) is 13.3. The molecule has 4 amide bonds. The third kappa shape index (κ3) is 6.19. The molecule has 0 spiro atoms. The Hall–Kier alpha value is -3.99. The SMILES string of the molecule is CC(=O)c1cn(CC(=O)N2C[C@H](F)C[C@H]2C(=O)NCc2cccc(Cl)c2F)c2ccc(NC(=O)NC3(C)CC3)cc12. The summed E-state index contributed by atoms with van der Waals surface area (Å²) in [4.78, 5) is 52.2. The largest absolute Gasteiger partial charge is 0.350 e. The topological polar surface area (TPSA) is 113 Å². The fraction of sp³-hybridized carbons (Fsp3) is 0.379. The molecule has 9 nitrogen and oxygen atoms in total. The van der Waals surface area contributed by atoms with Gasteiger partial charge in [0.05, 0.1) is 11.6 Å². The molecule has 5 rings (SSSR count). The highest BCUT2D eigenvalue weighted by Gasteiger charge is 2.40. The Labute approximate surface area is 240 Å². The van der Waals surface area contributed by atoms with Crippen LogP contribution in [-0.2, 0) is 22.7 Å². The van der Waals surface area contributed by atoms with Gasteiger partial charge in [-0.25, -0.2) is 13.6 Å². The van der Waals surface area contributed by atoms with E-state index in [1.807, 2.05) is 6.92 Å². The third-order valence-corrected chi connectivity index (χ3v) is 7.89.